The van der Waals surface area contributed by atoms with E-state index in [0.717, 1.165) is 24.8 Å². The summed E-state index contributed by atoms with van der Waals surface area (Å²) in [4.78, 5) is 35.8. The highest BCUT2D eigenvalue weighted by molar-refractivity contribution is 8.00. The molecule has 0 aliphatic carbocycles. The second kappa shape index (κ2) is 4.64. The Morgan fingerprint density at radius 3 is 2.89 bits per heavy atom. The van der Waals surface area contributed by atoms with Crippen LogP contribution in [0.1, 0.15) is 30.1 Å². The van der Waals surface area contributed by atoms with Crippen molar-refractivity contribution >= 4 is 17.7 Å². The van der Waals surface area contributed by atoms with Gasteiger partial charge in [0.15, 0.2) is 0 Å². The number of nitrogens with one attached hydrogen (secondary N) is 1. The molecule has 1 saturated heterocycles. The van der Waals surface area contributed by atoms with Crippen LogP contribution in [-0.4, -0.2) is 31.1 Å². The molecule has 2 heterocycles. The topological polar surface area (TPSA) is 92.2 Å². The van der Waals surface area contributed by atoms with Gasteiger partial charge in [-0.3, -0.25) is 14.3 Å². The standard InChI is InChI=1S/C11H14N2O4S/c1-11(3-2-4-18-11)6-13-5-7(9(15)16)8(14)12-10(13)17/h5H,2-4,6H2,1H3,(H,15,16)(H,12,14,17). The van der Waals surface area contributed by atoms with Crippen molar-refractivity contribution in [3.8, 4) is 0 Å². The highest BCUT2D eigenvalue weighted by atomic mass is 32.2. The van der Waals surface area contributed by atoms with Crippen LogP contribution in [0.3, 0.4) is 0 Å². The minimum Gasteiger partial charge on any atom is -0.477 e. The van der Waals surface area contributed by atoms with Crippen LogP contribution < -0.4 is 11.2 Å². The number of thioether (sulfide) groups is 1. The molecule has 1 fully saturated rings. The van der Waals surface area contributed by atoms with Gasteiger partial charge in [-0.1, -0.05) is 0 Å². The molecule has 0 spiro atoms. The molecule has 1 aliphatic heterocycles. The first kappa shape index (κ1) is 12.9. The van der Waals surface area contributed by atoms with Crippen LogP contribution in [0.25, 0.3) is 0 Å². The quantitative estimate of drug-likeness (QED) is 0.835. The van der Waals surface area contributed by atoms with Crippen molar-refractivity contribution in [1.29, 1.82) is 0 Å². The van der Waals surface area contributed by atoms with E-state index in [4.69, 9.17) is 5.11 Å². The smallest absolute Gasteiger partial charge is 0.342 e. The predicted octanol–water partition coefficient (Wildman–Crippen LogP) is 0.520. The number of carboxylic acid groups (broad SMARTS) is 1. The largest absolute Gasteiger partial charge is 0.477 e. The molecule has 1 aliphatic rings. The molecule has 1 atom stereocenters. The highest BCUT2D eigenvalue weighted by Crippen LogP contribution is 2.38. The van der Waals surface area contributed by atoms with Crippen molar-refractivity contribution in [1.82, 2.24) is 9.55 Å². The molecular formula is C11H14N2O4S. The lowest BCUT2D eigenvalue weighted by Crippen LogP contribution is -2.37. The summed E-state index contributed by atoms with van der Waals surface area (Å²) in [6, 6.07) is 0. The van der Waals surface area contributed by atoms with Crippen LogP contribution in [0.4, 0.5) is 0 Å². The fraction of sp³-hybridized carbons (Fsp3) is 0.545. The maximum atomic E-state index is 11.7. The number of hydrogen-bond acceptors (Lipinski definition) is 4. The molecule has 0 aromatic carbocycles. The molecule has 2 rings (SSSR count). The van der Waals surface area contributed by atoms with Crippen molar-refractivity contribution in [3.63, 3.8) is 0 Å². The first-order valence-electron chi connectivity index (χ1n) is 5.62. The van der Waals surface area contributed by atoms with E-state index < -0.39 is 22.8 Å². The van der Waals surface area contributed by atoms with E-state index in [9.17, 15) is 14.4 Å². The number of rotatable bonds is 3. The number of hydrogen-bond donors (Lipinski definition) is 2. The fourth-order valence-corrected chi connectivity index (χ4v) is 3.40. The summed E-state index contributed by atoms with van der Waals surface area (Å²) in [7, 11) is 0. The second-order valence-corrected chi connectivity index (χ2v) is 6.32. The van der Waals surface area contributed by atoms with Gasteiger partial charge < -0.3 is 5.11 Å². The first-order chi connectivity index (χ1) is 8.41. The third-order valence-electron chi connectivity index (χ3n) is 3.05. The van der Waals surface area contributed by atoms with Crippen molar-refractivity contribution in [2.24, 2.45) is 0 Å². The lowest BCUT2D eigenvalue weighted by Gasteiger charge is -2.23. The van der Waals surface area contributed by atoms with E-state index in [1.165, 1.54) is 4.57 Å². The number of nitrogens with zero attached hydrogens (tertiary/aromatic N) is 1. The van der Waals surface area contributed by atoms with Crippen molar-refractivity contribution in [2.45, 2.75) is 31.1 Å². The highest BCUT2D eigenvalue weighted by Gasteiger charge is 2.30. The van der Waals surface area contributed by atoms with Gasteiger partial charge in [0, 0.05) is 17.5 Å². The van der Waals surface area contributed by atoms with Crippen LogP contribution in [0.2, 0.25) is 0 Å². The molecular weight excluding hydrogens is 256 g/mol. The van der Waals surface area contributed by atoms with Gasteiger partial charge in [0.05, 0.1) is 0 Å². The number of carbonyl (C=O) groups is 1. The maximum Gasteiger partial charge on any atom is 0.342 e. The zero-order valence-electron chi connectivity index (χ0n) is 9.93. The Morgan fingerprint density at radius 2 is 2.33 bits per heavy atom. The van der Waals surface area contributed by atoms with Crippen molar-refractivity contribution in [3.05, 3.63) is 32.6 Å². The monoisotopic (exact) mass is 270 g/mol. The maximum absolute atomic E-state index is 11.7. The number of aromatic amines is 1. The van der Waals surface area contributed by atoms with Crippen LogP contribution in [0.15, 0.2) is 15.8 Å². The summed E-state index contributed by atoms with van der Waals surface area (Å²) in [5, 5.41) is 8.87. The van der Waals surface area contributed by atoms with Crippen molar-refractivity contribution in [2.75, 3.05) is 5.75 Å². The van der Waals surface area contributed by atoms with E-state index >= 15 is 0 Å². The molecule has 6 nitrogen and oxygen atoms in total. The number of aromatic nitrogens is 2. The fourth-order valence-electron chi connectivity index (χ4n) is 2.10. The molecule has 0 saturated carbocycles. The Labute approximate surface area is 107 Å². The molecule has 2 N–H and O–H groups in total. The zero-order chi connectivity index (χ0) is 13.3. The average molecular weight is 270 g/mol. The minimum absolute atomic E-state index is 0.0716. The molecule has 1 aromatic heterocycles. The third kappa shape index (κ3) is 2.50. The average Bonchev–Trinajstić information content (AvgIpc) is 2.69. The van der Waals surface area contributed by atoms with Crippen LogP contribution in [0, 0.1) is 0 Å². The molecule has 0 radical (unpaired) electrons. The second-order valence-electron chi connectivity index (χ2n) is 4.64. The van der Waals surface area contributed by atoms with Gasteiger partial charge in [-0.15, -0.1) is 0 Å². The van der Waals surface area contributed by atoms with Gasteiger partial charge in [-0.25, -0.2) is 9.59 Å². The SMILES string of the molecule is CC1(Cn2cc(C(=O)O)c(=O)[nH]c2=O)CCCS1. The van der Waals surface area contributed by atoms with Gasteiger partial charge in [-0.2, -0.15) is 11.8 Å². The van der Waals surface area contributed by atoms with E-state index in [1.807, 2.05) is 11.9 Å². The van der Waals surface area contributed by atoms with Gasteiger partial charge in [0.25, 0.3) is 5.56 Å². The lowest BCUT2D eigenvalue weighted by molar-refractivity contribution is 0.0693. The third-order valence-corrected chi connectivity index (χ3v) is 4.57. The van der Waals surface area contributed by atoms with Gasteiger partial charge >= 0.3 is 11.7 Å². The summed E-state index contributed by atoms with van der Waals surface area (Å²) in [6.45, 7) is 2.45. The van der Waals surface area contributed by atoms with Crippen LogP contribution in [0.5, 0.6) is 0 Å². The van der Waals surface area contributed by atoms with Gasteiger partial charge in [-0.05, 0) is 25.5 Å². The van der Waals surface area contributed by atoms with Crippen LogP contribution in [-0.2, 0) is 6.54 Å². The number of carboxylic acids is 1. The number of H-pyrrole nitrogens is 1. The minimum atomic E-state index is -1.32. The van der Waals surface area contributed by atoms with E-state index in [2.05, 4.69) is 0 Å². The molecule has 7 heteroatoms. The van der Waals surface area contributed by atoms with E-state index in [0.29, 0.717) is 6.54 Å². The summed E-state index contributed by atoms with van der Waals surface area (Å²) in [5.41, 5.74) is -1.81. The van der Waals surface area contributed by atoms with Crippen LogP contribution >= 0.6 is 11.8 Å². The first-order valence-corrected chi connectivity index (χ1v) is 6.61. The van der Waals surface area contributed by atoms with E-state index in [-0.39, 0.29) is 4.75 Å². The Balaban J connectivity index is 2.39. The zero-order valence-corrected chi connectivity index (χ0v) is 10.7. The number of aromatic carboxylic acids is 1. The molecule has 0 amide bonds. The Kier molecular flexibility index (Phi) is 3.34. The molecule has 0 bridgehead atoms. The molecule has 18 heavy (non-hydrogen) atoms. The lowest BCUT2D eigenvalue weighted by atomic mass is 10.1. The summed E-state index contributed by atoms with van der Waals surface area (Å²) < 4.78 is 1.21. The van der Waals surface area contributed by atoms with Crippen molar-refractivity contribution < 1.29 is 9.90 Å². The Hall–Kier alpha value is -1.50. The molecule has 98 valence electrons. The van der Waals surface area contributed by atoms with Gasteiger partial charge in [0.1, 0.15) is 5.56 Å². The Bertz CT molecular complexity index is 583. The predicted molar refractivity (Wildman–Crippen MR) is 68.4 cm³/mol. The van der Waals surface area contributed by atoms with E-state index in [1.54, 1.807) is 11.8 Å². The summed E-state index contributed by atoms with van der Waals surface area (Å²) in [6.07, 6.45) is 3.20. The summed E-state index contributed by atoms with van der Waals surface area (Å²) in [5.74, 6) is -0.283. The van der Waals surface area contributed by atoms with Gasteiger partial charge in [0.2, 0.25) is 0 Å². The molecule has 1 aromatic rings. The Morgan fingerprint density at radius 1 is 1.61 bits per heavy atom. The normalized spacial score (nSPS) is 23.2. The summed E-state index contributed by atoms with van der Waals surface area (Å²) >= 11 is 1.77. The molecule has 1 unspecified atom stereocenters.